The van der Waals surface area contributed by atoms with Gasteiger partial charge in [-0.25, -0.2) is 5.84 Å². The van der Waals surface area contributed by atoms with Crippen LogP contribution in [-0.2, 0) is 15.7 Å². The van der Waals surface area contributed by atoms with Gasteiger partial charge in [0.2, 0.25) is 0 Å². The molecule has 0 aliphatic rings. The van der Waals surface area contributed by atoms with Crippen LogP contribution in [0, 0.1) is 0 Å². The van der Waals surface area contributed by atoms with E-state index in [0.29, 0.717) is 5.75 Å². The second-order valence-electron chi connectivity index (χ2n) is 1.78. The van der Waals surface area contributed by atoms with Gasteiger partial charge in [-0.15, -0.1) is 0 Å². The Labute approximate surface area is 58.3 Å². The summed E-state index contributed by atoms with van der Waals surface area (Å²) in [6.45, 7) is 2.06. The molecule has 0 saturated carbocycles. The molecule has 0 aliphatic carbocycles. The van der Waals surface area contributed by atoms with E-state index < -0.39 is 0 Å². The first-order valence-electron chi connectivity index (χ1n) is 2.79. The highest BCUT2D eigenvalue weighted by Crippen LogP contribution is 1.87. The predicted octanol–water partition coefficient (Wildman–Crippen LogP) is -0.756. The van der Waals surface area contributed by atoms with E-state index >= 15 is 0 Å². The van der Waals surface area contributed by atoms with Gasteiger partial charge < -0.3 is 0 Å². The van der Waals surface area contributed by atoms with Crippen molar-refractivity contribution in [3.63, 3.8) is 0 Å². The number of hydrogen-bond donors (Lipinski definition) is 2. The summed E-state index contributed by atoms with van der Waals surface area (Å²) in [5, 5.41) is 0. The van der Waals surface area contributed by atoms with Crippen LogP contribution >= 0.6 is 0 Å². The fourth-order valence-corrected chi connectivity index (χ4v) is 1.10. The largest absolute Gasteiger partial charge is 0.290 e. The maximum Gasteiger partial charge on any atom is 0.283 e. The molecule has 9 heavy (non-hydrogen) atoms. The number of carbonyl (C=O) groups excluding carboxylic acids is 1. The second kappa shape index (κ2) is 4.64. The Kier molecular flexibility index (Phi) is 4.53. The molecule has 0 radical (unpaired) electrons. The summed E-state index contributed by atoms with van der Waals surface area (Å²) in [6.07, 6.45) is 2.05. The molecule has 0 aromatic rings. The van der Waals surface area contributed by atoms with E-state index in [1.165, 1.54) is 0 Å². The van der Waals surface area contributed by atoms with Gasteiger partial charge in [-0.05, 0) is 17.8 Å². The topological polar surface area (TPSA) is 55.1 Å². The smallest absolute Gasteiger partial charge is 0.283 e. The van der Waals surface area contributed by atoms with Crippen molar-refractivity contribution >= 4 is 16.8 Å². The van der Waals surface area contributed by atoms with Gasteiger partial charge in [-0.1, -0.05) is 0 Å². The minimum Gasteiger partial charge on any atom is -0.290 e. The molecule has 0 spiro atoms. The van der Waals surface area contributed by atoms with Gasteiger partial charge in [0.25, 0.3) is 5.91 Å². The third-order valence-electron chi connectivity index (χ3n) is 1.03. The van der Waals surface area contributed by atoms with Gasteiger partial charge in [0.05, 0.1) is 6.26 Å². The SMILES string of the molecule is CC[S+](C)CC(=O)NN. The molecule has 1 unspecified atom stereocenters. The first-order chi connectivity index (χ1) is 4.20. The number of rotatable bonds is 3. The molecule has 3 N–H and O–H groups in total. The van der Waals surface area contributed by atoms with Crippen molar-refractivity contribution in [3.8, 4) is 0 Å². The van der Waals surface area contributed by atoms with Gasteiger partial charge in [-0.2, -0.15) is 0 Å². The zero-order valence-corrected chi connectivity index (χ0v) is 6.62. The maximum absolute atomic E-state index is 10.6. The monoisotopic (exact) mass is 149 g/mol. The second-order valence-corrected chi connectivity index (χ2v) is 4.21. The molecule has 0 heterocycles. The molecule has 0 aromatic carbocycles. The lowest BCUT2D eigenvalue weighted by Gasteiger charge is -1.97. The van der Waals surface area contributed by atoms with Gasteiger partial charge >= 0.3 is 0 Å². The van der Waals surface area contributed by atoms with Crippen LogP contribution in [0.4, 0.5) is 0 Å². The van der Waals surface area contributed by atoms with Gasteiger partial charge in [0.15, 0.2) is 5.75 Å². The van der Waals surface area contributed by atoms with E-state index in [9.17, 15) is 4.79 Å². The van der Waals surface area contributed by atoms with Crippen molar-refractivity contribution in [3.05, 3.63) is 0 Å². The molecule has 0 aliphatic heterocycles. The summed E-state index contributed by atoms with van der Waals surface area (Å²) < 4.78 is 0. The molecular weight excluding hydrogens is 136 g/mol. The van der Waals surface area contributed by atoms with Crippen LogP contribution in [0.15, 0.2) is 0 Å². The summed E-state index contributed by atoms with van der Waals surface area (Å²) >= 11 is 0. The van der Waals surface area contributed by atoms with Crippen molar-refractivity contribution in [2.24, 2.45) is 5.84 Å². The first kappa shape index (κ1) is 8.78. The Balaban J connectivity index is 3.34. The Morgan fingerprint density at radius 2 is 2.33 bits per heavy atom. The normalized spacial score (nSPS) is 12.8. The van der Waals surface area contributed by atoms with Crippen LogP contribution in [-0.4, -0.2) is 23.7 Å². The van der Waals surface area contributed by atoms with E-state index in [1.54, 1.807) is 0 Å². The van der Waals surface area contributed by atoms with E-state index in [0.717, 1.165) is 5.75 Å². The third kappa shape index (κ3) is 4.29. The quantitative estimate of drug-likeness (QED) is 0.240. The summed E-state index contributed by atoms with van der Waals surface area (Å²) in [5.41, 5.74) is 2.10. The molecule has 0 saturated heterocycles. The molecular formula is C5H13N2OS+. The van der Waals surface area contributed by atoms with Crippen molar-refractivity contribution in [1.29, 1.82) is 0 Å². The van der Waals surface area contributed by atoms with E-state index in [2.05, 4.69) is 18.6 Å². The van der Waals surface area contributed by atoms with Crippen LogP contribution in [0.3, 0.4) is 0 Å². The highest BCUT2D eigenvalue weighted by Gasteiger charge is 2.12. The minimum atomic E-state index is -0.0670. The summed E-state index contributed by atoms with van der Waals surface area (Å²) in [5.74, 6) is 6.42. The lowest BCUT2D eigenvalue weighted by molar-refractivity contribution is -0.118. The Morgan fingerprint density at radius 1 is 1.78 bits per heavy atom. The van der Waals surface area contributed by atoms with Crippen molar-refractivity contribution < 1.29 is 4.79 Å². The van der Waals surface area contributed by atoms with E-state index in [-0.39, 0.29) is 16.8 Å². The number of hydrazine groups is 1. The van der Waals surface area contributed by atoms with Crippen molar-refractivity contribution in [1.82, 2.24) is 5.43 Å². The molecule has 4 heteroatoms. The lowest BCUT2D eigenvalue weighted by atomic mass is 10.7. The number of nitrogens with two attached hydrogens (primary N) is 1. The molecule has 0 fully saturated rings. The molecule has 54 valence electrons. The zero-order chi connectivity index (χ0) is 7.28. The molecule has 0 rings (SSSR count). The van der Waals surface area contributed by atoms with E-state index in [1.807, 2.05) is 0 Å². The average Bonchev–Trinajstić information content (AvgIpc) is 1.87. The van der Waals surface area contributed by atoms with Crippen molar-refractivity contribution in [2.75, 3.05) is 17.8 Å². The fourth-order valence-electron chi connectivity index (χ4n) is 0.368. The molecule has 1 amide bonds. The Hall–Kier alpha value is -0.220. The lowest BCUT2D eigenvalue weighted by Crippen LogP contribution is -2.35. The van der Waals surface area contributed by atoms with Crippen LogP contribution in [0.25, 0.3) is 0 Å². The standard InChI is InChI=1S/C5H12N2OS/c1-3-9(2)4-5(8)7-6/h3-4,6H2,1-2H3/p+1. The highest BCUT2D eigenvalue weighted by molar-refractivity contribution is 7.96. The number of amides is 1. The maximum atomic E-state index is 10.6. The third-order valence-corrected chi connectivity index (χ3v) is 2.77. The zero-order valence-electron chi connectivity index (χ0n) is 5.81. The van der Waals surface area contributed by atoms with E-state index in [4.69, 9.17) is 5.84 Å². The number of carbonyl (C=O) groups is 1. The highest BCUT2D eigenvalue weighted by atomic mass is 32.2. The average molecular weight is 149 g/mol. The van der Waals surface area contributed by atoms with Crippen LogP contribution < -0.4 is 11.3 Å². The number of nitrogens with one attached hydrogen (secondary N) is 1. The Bertz CT molecular complexity index is 97.0. The molecule has 1 atom stereocenters. The van der Waals surface area contributed by atoms with Crippen LogP contribution in [0.5, 0.6) is 0 Å². The van der Waals surface area contributed by atoms with Crippen LogP contribution in [0.2, 0.25) is 0 Å². The van der Waals surface area contributed by atoms with Gasteiger partial charge in [-0.3, -0.25) is 10.2 Å². The summed E-state index contributed by atoms with van der Waals surface area (Å²) in [4.78, 5) is 10.6. The van der Waals surface area contributed by atoms with Crippen LogP contribution in [0.1, 0.15) is 6.92 Å². The summed E-state index contributed by atoms with van der Waals surface area (Å²) in [7, 11) is 0.201. The number of hydrogen-bond acceptors (Lipinski definition) is 2. The molecule has 3 nitrogen and oxygen atoms in total. The van der Waals surface area contributed by atoms with Gasteiger partial charge in [0, 0.05) is 0 Å². The fraction of sp³-hybridized carbons (Fsp3) is 0.800. The minimum absolute atomic E-state index is 0.0670. The summed E-state index contributed by atoms with van der Waals surface area (Å²) in [6, 6.07) is 0. The molecule has 0 aromatic heterocycles. The predicted molar refractivity (Wildman–Crippen MR) is 41.0 cm³/mol. The Morgan fingerprint density at radius 3 is 2.67 bits per heavy atom. The van der Waals surface area contributed by atoms with Crippen molar-refractivity contribution in [2.45, 2.75) is 6.92 Å². The van der Waals surface area contributed by atoms with Gasteiger partial charge in [0.1, 0.15) is 5.75 Å². The first-order valence-corrected chi connectivity index (χ1v) is 4.76. The molecule has 0 bridgehead atoms.